The van der Waals surface area contributed by atoms with Crippen LogP contribution in [0.5, 0.6) is 0 Å². The first-order chi connectivity index (χ1) is 5.46. The largest absolute Gasteiger partial charge is 0.382 e. The highest BCUT2D eigenvalue weighted by atomic mass is 35.5. The zero-order valence-electron chi connectivity index (χ0n) is 5.56. The molecular formula is C6H4Cl4O2. The summed E-state index contributed by atoms with van der Waals surface area (Å²) in [7, 11) is 0. The lowest BCUT2D eigenvalue weighted by Gasteiger charge is -2.22. The van der Waals surface area contributed by atoms with E-state index in [1.54, 1.807) is 0 Å². The maximum atomic E-state index is 9.25. The van der Waals surface area contributed by atoms with E-state index in [0.717, 1.165) is 0 Å². The molecule has 0 unspecified atom stereocenters. The molecule has 6 heteroatoms. The van der Waals surface area contributed by atoms with Crippen molar-refractivity contribution in [3.63, 3.8) is 0 Å². The summed E-state index contributed by atoms with van der Waals surface area (Å²) in [6.07, 6.45) is -2.45. The second-order valence-corrected chi connectivity index (χ2v) is 3.83. The van der Waals surface area contributed by atoms with Crippen molar-refractivity contribution in [3.8, 4) is 0 Å². The predicted octanol–water partition coefficient (Wildman–Crippen LogP) is 2.10. The molecule has 0 aromatic rings. The molecule has 1 rings (SSSR count). The van der Waals surface area contributed by atoms with E-state index in [1.165, 1.54) is 0 Å². The Kier molecular flexibility index (Phi) is 3.32. The highest BCUT2D eigenvalue weighted by molar-refractivity contribution is 6.46. The molecule has 0 saturated heterocycles. The van der Waals surface area contributed by atoms with Gasteiger partial charge in [0.05, 0.1) is 20.1 Å². The average molecular weight is 250 g/mol. The van der Waals surface area contributed by atoms with Crippen molar-refractivity contribution in [3.05, 3.63) is 20.1 Å². The standard InChI is InChI=1S/C6H4Cl4O2/c7-1-2(8)6(12)4(10)3(9)5(1)11/h5-6,11-12H. The van der Waals surface area contributed by atoms with Crippen LogP contribution in [0.1, 0.15) is 0 Å². The summed E-state index contributed by atoms with van der Waals surface area (Å²) in [5.74, 6) is 0. The van der Waals surface area contributed by atoms with E-state index in [1.807, 2.05) is 0 Å². The van der Waals surface area contributed by atoms with E-state index in [-0.39, 0.29) is 20.1 Å². The molecule has 0 amide bonds. The highest BCUT2D eigenvalue weighted by Crippen LogP contribution is 2.38. The van der Waals surface area contributed by atoms with E-state index >= 15 is 0 Å². The Labute approximate surface area is 89.0 Å². The van der Waals surface area contributed by atoms with E-state index in [2.05, 4.69) is 0 Å². The molecule has 0 bridgehead atoms. The lowest BCUT2D eigenvalue weighted by molar-refractivity contribution is 0.226. The molecule has 0 atom stereocenters. The molecule has 68 valence electrons. The number of aliphatic hydroxyl groups is 2. The Morgan fingerprint density at radius 3 is 1.00 bits per heavy atom. The third kappa shape index (κ3) is 1.60. The molecule has 12 heavy (non-hydrogen) atoms. The first-order valence-electron chi connectivity index (χ1n) is 2.93. The number of rotatable bonds is 0. The number of hydrogen-bond acceptors (Lipinski definition) is 2. The van der Waals surface area contributed by atoms with Crippen molar-refractivity contribution < 1.29 is 10.2 Å². The van der Waals surface area contributed by atoms with E-state index < -0.39 is 12.2 Å². The number of hydrogen-bond donors (Lipinski definition) is 2. The van der Waals surface area contributed by atoms with E-state index in [4.69, 9.17) is 46.4 Å². The van der Waals surface area contributed by atoms with Crippen molar-refractivity contribution in [2.45, 2.75) is 12.2 Å². The lowest BCUT2D eigenvalue weighted by atomic mass is 10.1. The molecule has 0 saturated carbocycles. The van der Waals surface area contributed by atoms with Crippen LogP contribution in [0.2, 0.25) is 0 Å². The van der Waals surface area contributed by atoms with Crippen LogP contribution >= 0.6 is 46.4 Å². The molecule has 0 aromatic carbocycles. The first kappa shape index (κ1) is 10.6. The summed E-state index contributed by atoms with van der Waals surface area (Å²) < 4.78 is 0. The SMILES string of the molecule is OC1C(Cl)=C(Cl)C(O)C(Cl)=C1Cl. The Morgan fingerprint density at radius 1 is 0.667 bits per heavy atom. The van der Waals surface area contributed by atoms with Gasteiger partial charge in [-0.25, -0.2) is 0 Å². The van der Waals surface area contributed by atoms with Crippen LogP contribution in [0.25, 0.3) is 0 Å². The molecule has 0 spiro atoms. The van der Waals surface area contributed by atoms with Crippen LogP contribution in [0, 0.1) is 0 Å². The Bertz CT molecular complexity index is 219. The normalized spacial score (nSPS) is 31.5. The van der Waals surface area contributed by atoms with Gasteiger partial charge in [-0.3, -0.25) is 0 Å². The minimum Gasteiger partial charge on any atom is -0.382 e. The third-order valence-electron chi connectivity index (χ3n) is 1.42. The maximum absolute atomic E-state index is 9.25. The molecule has 2 N–H and O–H groups in total. The smallest absolute Gasteiger partial charge is 0.128 e. The monoisotopic (exact) mass is 248 g/mol. The fourth-order valence-corrected chi connectivity index (χ4v) is 1.71. The van der Waals surface area contributed by atoms with Crippen molar-refractivity contribution >= 4 is 46.4 Å². The zero-order chi connectivity index (χ0) is 9.46. The van der Waals surface area contributed by atoms with Crippen molar-refractivity contribution in [1.29, 1.82) is 0 Å². The molecule has 1 aliphatic carbocycles. The second-order valence-electron chi connectivity index (χ2n) is 2.20. The molecule has 0 fully saturated rings. The Hall–Kier alpha value is 0.560. The molecule has 0 heterocycles. The molecule has 0 aromatic heterocycles. The molecule has 2 nitrogen and oxygen atoms in total. The topological polar surface area (TPSA) is 40.5 Å². The third-order valence-corrected chi connectivity index (χ3v) is 3.25. The molecule has 0 radical (unpaired) electrons. The fourth-order valence-electron chi connectivity index (χ4n) is 0.745. The molecule has 0 aliphatic heterocycles. The van der Waals surface area contributed by atoms with Gasteiger partial charge in [0.2, 0.25) is 0 Å². The Morgan fingerprint density at radius 2 is 0.833 bits per heavy atom. The van der Waals surface area contributed by atoms with Gasteiger partial charge in [0.25, 0.3) is 0 Å². The van der Waals surface area contributed by atoms with Gasteiger partial charge in [0.15, 0.2) is 0 Å². The van der Waals surface area contributed by atoms with E-state index in [9.17, 15) is 10.2 Å². The lowest BCUT2D eigenvalue weighted by Crippen LogP contribution is -2.22. The van der Waals surface area contributed by atoms with Gasteiger partial charge in [-0.15, -0.1) is 0 Å². The van der Waals surface area contributed by atoms with Gasteiger partial charge < -0.3 is 10.2 Å². The first-order valence-corrected chi connectivity index (χ1v) is 4.44. The van der Waals surface area contributed by atoms with Crippen LogP contribution < -0.4 is 0 Å². The summed E-state index contributed by atoms with van der Waals surface area (Å²) in [6, 6.07) is 0. The minimum absolute atomic E-state index is 0.0985. The van der Waals surface area contributed by atoms with Gasteiger partial charge >= 0.3 is 0 Å². The number of halogens is 4. The second kappa shape index (κ2) is 3.74. The summed E-state index contributed by atoms with van der Waals surface area (Å²) >= 11 is 22.1. The van der Waals surface area contributed by atoms with Crippen LogP contribution in [0.15, 0.2) is 20.1 Å². The molecular weight excluding hydrogens is 246 g/mol. The maximum Gasteiger partial charge on any atom is 0.128 e. The summed E-state index contributed by atoms with van der Waals surface area (Å²) in [5.41, 5.74) is 0. The van der Waals surface area contributed by atoms with Crippen molar-refractivity contribution in [2.24, 2.45) is 0 Å². The Balaban J connectivity index is 3.13. The quantitative estimate of drug-likeness (QED) is 0.691. The zero-order valence-corrected chi connectivity index (χ0v) is 8.58. The van der Waals surface area contributed by atoms with Gasteiger partial charge in [0.1, 0.15) is 12.2 Å². The van der Waals surface area contributed by atoms with Gasteiger partial charge in [-0.2, -0.15) is 0 Å². The number of aliphatic hydroxyl groups excluding tert-OH is 2. The predicted molar refractivity (Wildman–Crippen MR) is 49.5 cm³/mol. The van der Waals surface area contributed by atoms with Crippen LogP contribution in [0.3, 0.4) is 0 Å². The van der Waals surface area contributed by atoms with Crippen molar-refractivity contribution in [1.82, 2.24) is 0 Å². The van der Waals surface area contributed by atoms with Crippen LogP contribution in [0.4, 0.5) is 0 Å². The highest BCUT2D eigenvalue weighted by Gasteiger charge is 2.31. The van der Waals surface area contributed by atoms with Crippen molar-refractivity contribution in [2.75, 3.05) is 0 Å². The van der Waals surface area contributed by atoms with E-state index in [0.29, 0.717) is 0 Å². The van der Waals surface area contributed by atoms with Crippen LogP contribution in [-0.2, 0) is 0 Å². The van der Waals surface area contributed by atoms with Gasteiger partial charge in [-0.05, 0) is 0 Å². The fraction of sp³-hybridized carbons (Fsp3) is 0.333. The minimum atomic E-state index is -1.23. The van der Waals surface area contributed by atoms with Gasteiger partial charge in [-0.1, -0.05) is 46.4 Å². The van der Waals surface area contributed by atoms with Gasteiger partial charge in [0, 0.05) is 0 Å². The summed E-state index contributed by atoms with van der Waals surface area (Å²) in [5, 5.41) is 18.1. The average Bonchev–Trinajstić information content (AvgIpc) is 2.08. The molecule has 1 aliphatic rings. The van der Waals surface area contributed by atoms with Crippen LogP contribution in [-0.4, -0.2) is 22.4 Å². The summed E-state index contributed by atoms with van der Waals surface area (Å²) in [6.45, 7) is 0. The summed E-state index contributed by atoms with van der Waals surface area (Å²) in [4.78, 5) is 0.